The van der Waals surface area contributed by atoms with E-state index in [2.05, 4.69) is 59.1 Å². The highest BCUT2D eigenvalue weighted by Gasteiger charge is 2.30. The molecule has 1 aliphatic rings. The molecule has 1 aromatic heterocycles. The zero-order valence-electron chi connectivity index (χ0n) is 14.4. The second-order valence-corrected chi connectivity index (χ2v) is 6.77. The summed E-state index contributed by atoms with van der Waals surface area (Å²) in [5.74, 6) is 1.79. The molecule has 1 aliphatic heterocycles. The maximum Gasteiger partial charge on any atom is 0.245 e. The lowest BCUT2D eigenvalue weighted by Gasteiger charge is -2.11. The molecule has 4 rings (SSSR count). The molecule has 0 radical (unpaired) electrons. The molecule has 0 bridgehead atoms. The molecule has 2 N–H and O–H groups in total. The van der Waals surface area contributed by atoms with E-state index in [0.717, 1.165) is 12.0 Å². The highest BCUT2D eigenvalue weighted by atomic mass is 16.5. The summed E-state index contributed by atoms with van der Waals surface area (Å²) in [6, 6.07) is 18.9. The Morgan fingerprint density at radius 2 is 1.68 bits per heavy atom. The number of aromatic nitrogens is 2. The van der Waals surface area contributed by atoms with Gasteiger partial charge in [-0.15, -0.1) is 0 Å². The molecule has 5 heteroatoms. The number of nitrogens with zero attached hydrogens (tertiary/aromatic N) is 2. The molecule has 2 heterocycles. The van der Waals surface area contributed by atoms with E-state index in [0.29, 0.717) is 17.6 Å². The summed E-state index contributed by atoms with van der Waals surface area (Å²) < 4.78 is 5.47. The summed E-state index contributed by atoms with van der Waals surface area (Å²) >= 11 is 0. The third-order valence-corrected chi connectivity index (χ3v) is 4.68. The van der Waals surface area contributed by atoms with Crippen molar-refractivity contribution in [2.24, 2.45) is 0 Å². The Labute approximate surface area is 147 Å². The molecule has 25 heavy (non-hydrogen) atoms. The van der Waals surface area contributed by atoms with Crippen molar-refractivity contribution < 1.29 is 4.52 Å². The molecule has 0 amide bonds. The first-order chi connectivity index (χ1) is 12.2. The van der Waals surface area contributed by atoms with Crippen molar-refractivity contribution in [3.63, 3.8) is 0 Å². The minimum Gasteiger partial charge on any atom is -0.337 e. The van der Waals surface area contributed by atoms with E-state index in [1.807, 2.05) is 30.3 Å². The second kappa shape index (κ2) is 6.78. The molecule has 3 aromatic rings. The maximum absolute atomic E-state index is 5.47. The topological polar surface area (TPSA) is 63.0 Å². The second-order valence-electron chi connectivity index (χ2n) is 6.77. The number of hydrogen-bond acceptors (Lipinski definition) is 5. The first kappa shape index (κ1) is 16.0. The van der Waals surface area contributed by atoms with Crippen molar-refractivity contribution in [1.82, 2.24) is 21.0 Å². The third kappa shape index (κ3) is 3.34. The van der Waals surface area contributed by atoms with Crippen molar-refractivity contribution in [1.29, 1.82) is 0 Å². The Hall–Kier alpha value is -2.50. The fraction of sp³-hybridized carbons (Fsp3) is 0.300. The van der Waals surface area contributed by atoms with Gasteiger partial charge in [0.2, 0.25) is 11.7 Å². The van der Waals surface area contributed by atoms with E-state index in [9.17, 15) is 0 Å². The number of hydrazine groups is 1. The van der Waals surface area contributed by atoms with Crippen LogP contribution in [0.3, 0.4) is 0 Å². The predicted molar refractivity (Wildman–Crippen MR) is 96.6 cm³/mol. The van der Waals surface area contributed by atoms with Crippen LogP contribution >= 0.6 is 0 Å². The van der Waals surface area contributed by atoms with Crippen LogP contribution in [-0.2, 0) is 0 Å². The van der Waals surface area contributed by atoms with Gasteiger partial charge in [-0.2, -0.15) is 4.98 Å². The van der Waals surface area contributed by atoms with E-state index >= 15 is 0 Å². The van der Waals surface area contributed by atoms with Gasteiger partial charge in [0.15, 0.2) is 0 Å². The van der Waals surface area contributed by atoms with Crippen LogP contribution in [0.25, 0.3) is 11.4 Å². The molecular formula is C20H22N4O. The van der Waals surface area contributed by atoms with Gasteiger partial charge in [0.1, 0.15) is 6.04 Å². The Balaban J connectivity index is 1.46. The fourth-order valence-electron chi connectivity index (χ4n) is 3.13. The molecule has 0 saturated carbocycles. The Morgan fingerprint density at radius 1 is 0.960 bits per heavy atom. The smallest absolute Gasteiger partial charge is 0.245 e. The van der Waals surface area contributed by atoms with Gasteiger partial charge < -0.3 is 4.52 Å². The van der Waals surface area contributed by atoms with Crippen molar-refractivity contribution in [3.05, 3.63) is 71.6 Å². The fourth-order valence-corrected chi connectivity index (χ4v) is 3.13. The van der Waals surface area contributed by atoms with Crippen LogP contribution in [0.1, 0.15) is 55.3 Å². The average molecular weight is 334 g/mol. The van der Waals surface area contributed by atoms with Gasteiger partial charge in [0.05, 0.1) is 0 Å². The predicted octanol–water partition coefficient (Wildman–Crippen LogP) is 4.14. The lowest BCUT2D eigenvalue weighted by Crippen LogP contribution is -2.26. The Morgan fingerprint density at radius 3 is 2.40 bits per heavy atom. The van der Waals surface area contributed by atoms with Crippen LogP contribution < -0.4 is 10.9 Å². The molecule has 2 unspecified atom stereocenters. The van der Waals surface area contributed by atoms with Gasteiger partial charge in [-0.25, -0.2) is 10.9 Å². The van der Waals surface area contributed by atoms with E-state index < -0.39 is 0 Å². The maximum atomic E-state index is 5.47. The average Bonchev–Trinajstić information content (AvgIpc) is 3.32. The highest BCUT2D eigenvalue weighted by molar-refractivity contribution is 5.53. The Bertz CT molecular complexity index is 826. The quantitative estimate of drug-likeness (QED) is 0.751. The van der Waals surface area contributed by atoms with Crippen LogP contribution in [0.2, 0.25) is 0 Å². The zero-order valence-corrected chi connectivity index (χ0v) is 14.4. The molecule has 1 fully saturated rings. The normalized spacial score (nSPS) is 20.3. The monoisotopic (exact) mass is 334 g/mol. The first-order valence-corrected chi connectivity index (χ1v) is 8.70. The number of hydrogen-bond donors (Lipinski definition) is 2. The standard InChI is InChI=1S/C20H22N4O/c1-13(2)14-8-10-15(11-9-14)17-12-18(23-22-17)20-21-19(24-25-20)16-6-4-3-5-7-16/h3-11,13,17-18,22-23H,12H2,1-2H3. The first-order valence-electron chi connectivity index (χ1n) is 8.70. The number of nitrogens with one attached hydrogen (secondary N) is 2. The molecule has 0 spiro atoms. The highest BCUT2D eigenvalue weighted by Crippen LogP contribution is 2.31. The van der Waals surface area contributed by atoms with Crippen molar-refractivity contribution in [3.8, 4) is 11.4 Å². The van der Waals surface area contributed by atoms with Crippen molar-refractivity contribution in [2.75, 3.05) is 0 Å². The molecule has 0 aliphatic carbocycles. The molecular weight excluding hydrogens is 312 g/mol. The van der Waals surface area contributed by atoms with Crippen LogP contribution in [0.15, 0.2) is 59.1 Å². The lowest BCUT2D eigenvalue weighted by atomic mass is 9.97. The number of benzene rings is 2. The lowest BCUT2D eigenvalue weighted by molar-refractivity contribution is 0.340. The van der Waals surface area contributed by atoms with Gasteiger partial charge in [-0.05, 0) is 23.5 Å². The summed E-state index contributed by atoms with van der Waals surface area (Å²) in [6.07, 6.45) is 0.872. The van der Waals surface area contributed by atoms with E-state index in [4.69, 9.17) is 4.52 Å². The molecule has 1 saturated heterocycles. The molecule has 5 nitrogen and oxygen atoms in total. The summed E-state index contributed by atoms with van der Waals surface area (Å²) in [5.41, 5.74) is 10.2. The molecule has 2 atom stereocenters. The largest absolute Gasteiger partial charge is 0.337 e. The molecule has 128 valence electrons. The van der Waals surface area contributed by atoms with Gasteiger partial charge in [-0.1, -0.05) is 73.6 Å². The van der Waals surface area contributed by atoms with Gasteiger partial charge >= 0.3 is 0 Å². The van der Waals surface area contributed by atoms with E-state index in [-0.39, 0.29) is 12.1 Å². The van der Waals surface area contributed by atoms with Crippen LogP contribution in [0.4, 0.5) is 0 Å². The SMILES string of the molecule is CC(C)c1ccc(C2CC(c3nc(-c4ccccc4)no3)NN2)cc1. The zero-order chi connectivity index (χ0) is 17.2. The van der Waals surface area contributed by atoms with Gasteiger partial charge in [-0.3, -0.25) is 0 Å². The Kier molecular flexibility index (Phi) is 4.34. The summed E-state index contributed by atoms with van der Waals surface area (Å²) in [5, 5.41) is 4.11. The van der Waals surface area contributed by atoms with Crippen molar-refractivity contribution in [2.45, 2.75) is 38.3 Å². The summed E-state index contributed by atoms with van der Waals surface area (Å²) in [4.78, 5) is 4.55. The summed E-state index contributed by atoms with van der Waals surface area (Å²) in [6.45, 7) is 4.42. The van der Waals surface area contributed by atoms with E-state index in [1.165, 1.54) is 11.1 Å². The number of rotatable bonds is 4. The van der Waals surface area contributed by atoms with Gasteiger partial charge in [0.25, 0.3) is 0 Å². The van der Waals surface area contributed by atoms with Crippen molar-refractivity contribution >= 4 is 0 Å². The van der Waals surface area contributed by atoms with E-state index in [1.54, 1.807) is 0 Å². The third-order valence-electron chi connectivity index (χ3n) is 4.68. The van der Waals surface area contributed by atoms with Crippen LogP contribution in [0.5, 0.6) is 0 Å². The minimum absolute atomic E-state index is 0.0136. The van der Waals surface area contributed by atoms with Crippen LogP contribution in [0, 0.1) is 0 Å². The molecule has 2 aromatic carbocycles. The van der Waals surface area contributed by atoms with Gasteiger partial charge in [0, 0.05) is 11.6 Å². The minimum atomic E-state index is 0.0136. The van der Waals surface area contributed by atoms with Crippen LogP contribution in [-0.4, -0.2) is 10.1 Å². The summed E-state index contributed by atoms with van der Waals surface area (Å²) in [7, 11) is 0.